The maximum Gasteiger partial charge on any atom is 0.218 e. The summed E-state index contributed by atoms with van der Waals surface area (Å²) in [4.78, 5) is 0. The van der Waals surface area contributed by atoms with Gasteiger partial charge >= 0.3 is 0 Å². The predicted octanol–water partition coefficient (Wildman–Crippen LogP) is 10.6. The lowest BCUT2D eigenvalue weighted by Gasteiger charge is -2.35. The number of rotatable bonds is 4. The third kappa shape index (κ3) is 6.55. The normalized spacial score (nSPS) is 18.1. The summed E-state index contributed by atoms with van der Waals surface area (Å²) in [5, 5.41) is 3.08. The van der Waals surface area contributed by atoms with E-state index < -0.39 is 16.1 Å². The summed E-state index contributed by atoms with van der Waals surface area (Å²) < 4.78 is 5.22. The minimum Gasteiger partial charge on any atom is -0.194 e. The van der Waals surface area contributed by atoms with Crippen LogP contribution in [0, 0.1) is 5.41 Å². The smallest absolute Gasteiger partial charge is 0.194 e. The standard InChI is InChI=1S/C47H58N2Si2/c1-32-27-42-39(37-23-17-18-24-38(37)44-28-40(33(2)47(3,4)5)45(31-49(42)44)50(6,7)8)26-25-35-21-15-16-22-36(35)43-29-41(34-19-13-12-14-20-34)46(30-48(32)43)51(9,10)11/h12-24,28-31,33,39,42H,1,25-27H2,2-11H3/q+2. The van der Waals surface area contributed by atoms with Crippen molar-refractivity contribution in [1.82, 2.24) is 0 Å². The molecule has 0 saturated heterocycles. The minimum atomic E-state index is -1.76. The third-order valence-electron chi connectivity index (χ3n) is 12.0. The van der Waals surface area contributed by atoms with Gasteiger partial charge in [0.2, 0.25) is 11.4 Å². The van der Waals surface area contributed by atoms with Crippen LogP contribution in [0.3, 0.4) is 0 Å². The molecule has 2 aliphatic rings. The van der Waals surface area contributed by atoms with Gasteiger partial charge in [0.25, 0.3) is 0 Å². The molecule has 0 spiro atoms. The van der Waals surface area contributed by atoms with Gasteiger partial charge in [0.05, 0.1) is 22.6 Å². The Morgan fingerprint density at radius 3 is 2.00 bits per heavy atom. The van der Waals surface area contributed by atoms with Crippen LogP contribution in [0.4, 0.5) is 0 Å². The van der Waals surface area contributed by atoms with Gasteiger partial charge in [-0.25, -0.2) is 0 Å². The van der Waals surface area contributed by atoms with Crippen LogP contribution in [0.5, 0.6) is 0 Å². The lowest BCUT2D eigenvalue weighted by molar-refractivity contribution is -0.719. The monoisotopic (exact) mass is 706 g/mol. The Bertz CT molecular complexity index is 2130. The summed E-state index contributed by atoms with van der Waals surface area (Å²) in [6.45, 7) is 29.6. The van der Waals surface area contributed by atoms with Crippen LogP contribution < -0.4 is 19.5 Å². The Hall–Kier alpha value is -3.87. The number of hydrogen-bond acceptors (Lipinski definition) is 0. The maximum atomic E-state index is 4.97. The highest BCUT2D eigenvalue weighted by Crippen LogP contribution is 2.45. The molecule has 0 bridgehead atoms. The largest absolute Gasteiger partial charge is 0.218 e. The van der Waals surface area contributed by atoms with Gasteiger partial charge in [-0.15, -0.1) is 0 Å². The average Bonchev–Trinajstić information content (AvgIpc) is 3.09. The van der Waals surface area contributed by atoms with Crippen molar-refractivity contribution in [2.75, 3.05) is 0 Å². The zero-order chi connectivity index (χ0) is 36.5. The van der Waals surface area contributed by atoms with Crippen molar-refractivity contribution in [3.63, 3.8) is 0 Å². The lowest BCUT2D eigenvalue weighted by Crippen LogP contribution is -2.55. The van der Waals surface area contributed by atoms with E-state index in [1.165, 1.54) is 55.7 Å². The second-order valence-electron chi connectivity index (χ2n) is 18.5. The number of allylic oxidation sites excluding steroid dienone is 1. The Labute approximate surface area is 310 Å². The van der Waals surface area contributed by atoms with Gasteiger partial charge in [-0.2, -0.15) is 9.13 Å². The number of aryl methyl sites for hydroxylation is 1. The fraction of sp³-hybridized carbons (Fsp3) is 0.362. The molecule has 4 heterocycles. The second kappa shape index (κ2) is 13.0. The van der Waals surface area contributed by atoms with Crippen molar-refractivity contribution in [1.29, 1.82) is 0 Å². The SMILES string of the molecule is C=C1CC2C(CCc3ccccc3-c3cc(-c4ccccc4)c([Si](C)(C)C)c[n+]31)c1ccccc1-c1cc(C(C)C(C)(C)C)c([Si](C)(C)C)c[n+]12. The van der Waals surface area contributed by atoms with E-state index in [4.69, 9.17) is 6.58 Å². The van der Waals surface area contributed by atoms with Crippen molar-refractivity contribution in [2.24, 2.45) is 5.41 Å². The first-order valence-corrected chi connectivity index (χ1v) is 26.1. The van der Waals surface area contributed by atoms with Crippen LogP contribution in [0.15, 0.2) is 110 Å². The van der Waals surface area contributed by atoms with Crippen molar-refractivity contribution in [3.05, 3.63) is 127 Å². The first-order valence-electron chi connectivity index (χ1n) is 19.1. The Morgan fingerprint density at radius 2 is 1.33 bits per heavy atom. The van der Waals surface area contributed by atoms with E-state index in [0.29, 0.717) is 11.8 Å². The summed E-state index contributed by atoms with van der Waals surface area (Å²) in [6.07, 6.45) is 8.14. The quantitative estimate of drug-likeness (QED) is 0.130. The second-order valence-corrected chi connectivity index (χ2v) is 28.5. The van der Waals surface area contributed by atoms with Crippen LogP contribution >= 0.6 is 0 Å². The number of aromatic nitrogens is 2. The zero-order valence-corrected chi connectivity index (χ0v) is 34.8. The molecule has 0 amide bonds. The highest BCUT2D eigenvalue weighted by atomic mass is 28.3. The maximum absolute atomic E-state index is 4.97. The molecule has 3 atom stereocenters. The van der Waals surface area contributed by atoms with Gasteiger partial charge in [0.15, 0.2) is 24.1 Å². The molecule has 7 rings (SSSR count). The molecule has 2 nitrogen and oxygen atoms in total. The van der Waals surface area contributed by atoms with E-state index in [2.05, 4.69) is 180 Å². The summed E-state index contributed by atoms with van der Waals surface area (Å²) in [7, 11) is -3.46. The average molecular weight is 707 g/mol. The molecule has 5 aromatic rings. The number of nitrogens with zero attached hydrogens (tertiary/aromatic N) is 2. The number of benzene rings is 3. The molecular formula is C47H58N2Si2+2. The number of pyridine rings is 2. The van der Waals surface area contributed by atoms with E-state index >= 15 is 0 Å². The third-order valence-corrected chi connectivity index (χ3v) is 16.0. The fourth-order valence-corrected chi connectivity index (χ4v) is 11.9. The van der Waals surface area contributed by atoms with Gasteiger partial charge in [-0.05, 0) is 70.7 Å². The van der Waals surface area contributed by atoms with Gasteiger partial charge in [0.1, 0.15) is 0 Å². The molecule has 0 saturated carbocycles. The van der Waals surface area contributed by atoms with Gasteiger partial charge < -0.3 is 0 Å². The topological polar surface area (TPSA) is 7.76 Å². The molecule has 3 unspecified atom stereocenters. The van der Waals surface area contributed by atoms with Crippen molar-refractivity contribution < 1.29 is 9.13 Å². The van der Waals surface area contributed by atoms with E-state index in [1.807, 2.05) is 0 Å². The molecular weight excluding hydrogens is 649 g/mol. The first kappa shape index (κ1) is 35.5. The van der Waals surface area contributed by atoms with Gasteiger partial charge in [-0.1, -0.05) is 134 Å². The molecule has 2 aromatic heterocycles. The number of hydrogen-bond donors (Lipinski definition) is 0. The molecule has 0 N–H and O–H groups in total. The first-order chi connectivity index (χ1) is 24.0. The van der Waals surface area contributed by atoms with Gasteiger partial charge in [0, 0.05) is 39.6 Å². The van der Waals surface area contributed by atoms with Crippen LogP contribution in [0.2, 0.25) is 39.3 Å². The molecule has 4 heteroatoms. The summed E-state index contributed by atoms with van der Waals surface area (Å²) in [6, 6.07) is 34.9. The highest BCUT2D eigenvalue weighted by molar-refractivity contribution is 6.89. The fourth-order valence-electron chi connectivity index (χ4n) is 8.68. The zero-order valence-electron chi connectivity index (χ0n) is 32.8. The van der Waals surface area contributed by atoms with Crippen molar-refractivity contribution in [2.45, 2.75) is 104 Å². The summed E-state index contributed by atoms with van der Waals surface area (Å²) in [5.74, 6) is 0.831. The molecule has 262 valence electrons. The highest BCUT2D eigenvalue weighted by Gasteiger charge is 2.45. The number of fused-ring (bicyclic) bond motifs is 9. The van der Waals surface area contributed by atoms with E-state index in [9.17, 15) is 0 Å². The molecule has 3 aromatic carbocycles. The summed E-state index contributed by atoms with van der Waals surface area (Å²) in [5.41, 5.74) is 13.8. The van der Waals surface area contributed by atoms with E-state index in [-0.39, 0.29) is 11.5 Å². The van der Waals surface area contributed by atoms with E-state index in [0.717, 1.165) is 19.3 Å². The molecule has 2 aliphatic heterocycles. The minimum absolute atomic E-state index is 0.176. The predicted molar refractivity (Wildman–Crippen MR) is 223 cm³/mol. The van der Waals surface area contributed by atoms with Gasteiger partial charge in [-0.3, -0.25) is 0 Å². The van der Waals surface area contributed by atoms with E-state index in [1.54, 1.807) is 10.8 Å². The van der Waals surface area contributed by atoms with Crippen LogP contribution in [0.25, 0.3) is 39.3 Å². The van der Waals surface area contributed by atoms with Crippen molar-refractivity contribution in [3.8, 4) is 33.6 Å². The Kier molecular flexibility index (Phi) is 9.03. The lowest BCUT2D eigenvalue weighted by atomic mass is 9.75. The van der Waals surface area contributed by atoms with Crippen molar-refractivity contribution >= 4 is 32.2 Å². The Balaban J connectivity index is 1.48. The van der Waals surface area contributed by atoms with Crippen LogP contribution in [0.1, 0.15) is 75.1 Å². The Morgan fingerprint density at radius 1 is 0.706 bits per heavy atom. The summed E-state index contributed by atoms with van der Waals surface area (Å²) >= 11 is 0. The van der Waals surface area contributed by atoms with Crippen LogP contribution in [-0.4, -0.2) is 16.1 Å². The molecule has 0 fully saturated rings. The van der Waals surface area contributed by atoms with Crippen LogP contribution in [-0.2, 0) is 6.42 Å². The molecule has 0 radical (unpaired) electrons. The molecule has 51 heavy (non-hydrogen) atoms. The molecule has 0 aliphatic carbocycles.